The molecule has 0 saturated carbocycles. The highest BCUT2D eigenvalue weighted by Crippen LogP contribution is 2.15. The number of carbonyl (C=O) groups is 1. The van der Waals surface area contributed by atoms with Gasteiger partial charge in [0.25, 0.3) is 11.5 Å². The Labute approximate surface area is 154 Å². The van der Waals surface area contributed by atoms with E-state index in [-0.39, 0.29) is 12.0 Å². The minimum absolute atomic E-state index is 0.0129. The number of H-pyrrole nitrogens is 1. The molecule has 0 aliphatic carbocycles. The van der Waals surface area contributed by atoms with E-state index in [1.807, 2.05) is 13.0 Å². The van der Waals surface area contributed by atoms with Gasteiger partial charge < -0.3 is 14.6 Å². The number of nitrogens with one attached hydrogen (secondary N) is 1. The molecule has 1 unspecified atom stereocenters. The second-order valence-corrected chi connectivity index (χ2v) is 6.60. The largest absolute Gasteiger partial charge is 0.375 e. The van der Waals surface area contributed by atoms with Gasteiger partial charge in [-0.1, -0.05) is 18.2 Å². The zero-order valence-corrected chi connectivity index (χ0v) is 14.8. The Balaban J connectivity index is 1.77. The Morgan fingerprint density at radius 3 is 2.67 bits per heavy atom. The van der Waals surface area contributed by atoms with Gasteiger partial charge in [-0.2, -0.15) is 0 Å². The molecule has 1 aliphatic heterocycles. The molecule has 3 aromatic rings. The van der Waals surface area contributed by atoms with Crippen molar-refractivity contribution in [2.75, 3.05) is 19.7 Å². The molecule has 27 heavy (non-hydrogen) atoms. The number of aromatic amines is 1. The molecular formula is C20H19N3O4. The van der Waals surface area contributed by atoms with Crippen molar-refractivity contribution in [3.63, 3.8) is 0 Å². The van der Waals surface area contributed by atoms with Gasteiger partial charge in [0.2, 0.25) is 0 Å². The molecule has 1 amide bonds. The number of amides is 1. The zero-order valence-electron chi connectivity index (χ0n) is 14.8. The van der Waals surface area contributed by atoms with Crippen molar-refractivity contribution in [2.45, 2.75) is 13.0 Å². The minimum Gasteiger partial charge on any atom is -0.375 e. The number of aromatic nitrogens is 2. The lowest BCUT2D eigenvalue weighted by Gasteiger charge is -2.31. The van der Waals surface area contributed by atoms with E-state index < -0.39 is 11.2 Å². The predicted octanol–water partition coefficient (Wildman–Crippen LogP) is 1.54. The van der Waals surface area contributed by atoms with Crippen molar-refractivity contribution in [1.82, 2.24) is 14.5 Å². The average Bonchev–Trinajstić information content (AvgIpc) is 2.68. The topological polar surface area (TPSA) is 84.4 Å². The maximum atomic E-state index is 12.8. The van der Waals surface area contributed by atoms with Crippen molar-refractivity contribution >= 4 is 16.8 Å². The Bertz CT molecular complexity index is 1120. The second kappa shape index (κ2) is 6.85. The van der Waals surface area contributed by atoms with Crippen molar-refractivity contribution in [2.24, 2.45) is 0 Å². The van der Waals surface area contributed by atoms with Crippen LogP contribution in [0.1, 0.15) is 17.3 Å². The fourth-order valence-corrected chi connectivity index (χ4v) is 3.35. The van der Waals surface area contributed by atoms with E-state index in [2.05, 4.69) is 4.98 Å². The molecule has 1 aromatic heterocycles. The van der Waals surface area contributed by atoms with Crippen molar-refractivity contribution in [3.05, 3.63) is 74.9 Å². The fourth-order valence-electron chi connectivity index (χ4n) is 3.35. The third-order valence-corrected chi connectivity index (χ3v) is 4.69. The molecule has 1 aliphatic rings. The summed E-state index contributed by atoms with van der Waals surface area (Å²) >= 11 is 0. The molecule has 0 radical (unpaired) electrons. The summed E-state index contributed by atoms with van der Waals surface area (Å²) in [5, 5.41) is 0.352. The summed E-state index contributed by atoms with van der Waals surface area (Å²) in [7, 11) is 0. The van der Waals surface area contributed by atoms with Gasteiger partial charge in [-0.3, -0.25) is 9.59 Å². The number of ether oxygens (including phenoxy) is 1. The van der Waals surface area contributed by atoms with Crippen molar-refractivity contribution in [3.8, 4) is 5.69 Å². The van der Waals surface area contributed by atoms with Crippen LogP contribution in [0.4, 0.5) is 0 Å². The molecule has 1 atom stereocenters. The monoisotopic (exact) mass is 365 g/mol. The molecule has 1 N–H and O–H groups in total. The molecule has 1 fully saturated rings. The first-order chi connectivity index (χ1) is 13.0. The van der Waals surface area contributed by atoms with Gasteiger partial charge in [-0.05, 0) is 37.3 Å². The minimum atomic E-state index is -0.539. The number of morpholine rings is 1. The number of carbonyl (C=O) groups excluding carboxylic acids is 1. The molecule has 7 nitrogen and oxygen atoms in total. The lowest BCUT2D eigenvalue weighted by atomic mass is 10.1. The number of nitrogens with zero attached hydrogens (tertiary/aromatic N) is 2. The summed E-state index contributed by atoms with van der Waals surface area (Å²) in [6.45, 7) is 3.46. The van der Waals surface area contributed by atoms with E-state index in [1.165, 1.54) is 0 Å². The highest BCUT2D eigenvalue weighted by molar-refractivity contribution is 5.97. The van der Waals surface area contributed by atoms with E-state index in [0.29, 0.717) is 41.9 Å². The summed E-state index contributed by atoms with van der Waals surface area (Å²) in [6, 6.07) is 13.5. The highest BCUT2D eigenvalue weighted by atomic mass is 16.5. The number of hydrogen-bond acceptors (Lipinski definition) is 4. The van der Waals surface area contributed by atoms with Crippen LogP contribution in [0.25, 0.3) is 16.6 Å². The van der Waals surface area contributed by atoms with Crippen LogP contribution in [0.3, 0.4) is 0 Å². The number of fused-ring (bicyclic) bond motifs is 1. The smallest absolute Gasteiger partial charge is 0.333 e. The average molecular weight is 365 g/mol. The van der Waals surface area contributed by atoms with E-state index in [4.69, 9.17) is 4.74 Å². The van der Waals surface area contributed by atoms with Crippen LogP contribution in [0.5, 0.6) is 0 Å². The Morgan fingerprint density at radius 1 is 1.15 bits per heavy atom. The molecular weight excluding hydrogens is 346 g/mol. The molecule has 138 valence electrons. The van der Waals surface area contributed by atoms with Crippen LogP contribution in [0.2, 0.25) is 0 Å². The standard InChI is InChI=1S/C20H19N3O4/c1-13-12-22(9-10-27-13)18(24)14-7-8-16-17(11-14)21-20(26)23(19(16)25)15-5-3-2-4-6-15/h2-8,11,13H,9-10,12H2,1H3,(H,21,26). The van der Waals surface area contributed by atoms with Crippen LogP contribution >= 0.6 is 0 Å². The summed E-state index contributed by atoms with van der Waals surface area (Å²) < 4.78 is 6.56. The quantitative estimate of drug-likeness (QED) is 0.747. The summed E-state index contributed by atoms with van der Waals surface area (Å²) in [6.07, 6.45) is -0.0129. The van der Waals surface area contributed by atoms with Crippen LogP contribution in [0.15, 0.2) is 58.1 Å². The lowest BCUT2D eigenvalue weighted by Crippen LogP contribution is -2.44. The van der Waals surface area contributed by atoms with Crippen LogP contribution in [-0.2, 0) is 4.74 Å². The first-order valence-electron chi connectivity index (χ1n) is 8.80. The molecule has 4 rings (SSSR count). The third kappa shape index (κ3) is 3.17. The van der Waals surface area contributed by atoms with Gasteiger partial charge in [-0.25, -0.2) is 9.36 Å². The summed E-state index contributed by atoms with van der Waals surface area (Å²) in [5.41, 5.74) is 0.323. The van der Waals surface area contributed by atoms with Crippen molar-refractivity contribution < 1.29 is 9.53 Å². The number of benzene rings is 2. The molecule has 2 aromatic carbocycles. The maximum absolute atomic E-state index is 12.8. The fraction of sp³-hybridized carbons (Fsp3) is 0.250. The Morgan fingerprint density at radius 2 is 1.93 bits per heavy atom. The Kier molecular flexibility index (Phi) is 4.37. The first kappa shape index (κ1) is 17.2. The molecule has 0 spiro atoms. The predicted molar refractivity (Wildman–Crippen MR) is 101 cm³/mol. The van der Waals surface area contributed by atoms with Gasteiger partial charge in [0.05, 0.1) is 29.3 Å². The third-order valence-electron chi connectivity index (χ3n) is 4.69. The van der Waals surface area contributed by atoms with E-state index >= 15 is 0 Å². The first-order valence-corrected chi connectivity index (χ1v) is 8.80. The van der Waals surface area contributed by atoms with Gasteiger partial charge >= 0.3 is 5.69 Å². The van der Waals surface area contributed by atoms with Crippen LogP contribution in [-0.4, -0.2) is 46.2 Å². The molecule has 0 bridgehead atoms. The normalized spacial score (nSPS) is 17.2. The Hall–Kier alpha value is -3.19. The molecule has 7 heteroatoms. The van der Waals surface area contributed by atoms with E-state index in [0.717, 1.165) is 4.57 Å². The number of hydrogen-bond donors (Lipinski definition) is 1. The van der Waals surface area contributed by atoms with Crippen molar-refractivity contribution in [1.29, 1.82) is 0 Å². The van der Waals surface area contributed by atoms with Gasteiger partial charge in [0.1, 0.15) is 0 Å². The molecule has 2 heterocycles. The number of rotatable bonds is 2. The SMILES string of the molecule is CC1CN(C(=O)c2ccc3c(=O)n(-c4ccccc4)c(=O)[nH]c3c2)CCO1. The van der Waals surface area contributed by atoms with Crippen LogP contribution in [0, 0.1) is 0 Å². The highest BCUT2D eigenvalue weighted by Gasteiger charge is 2.23. The van der Waals surface area contributed by atoms with E-state index in [1.54, 1.807) is 47.4 Å². The van der Waals surface area contributed by atoms with Crippen LogP contribution < -0.4 is 11.2 Å². The lowest BCUT2D eigenvalue weighted by molar-refractivity contribution is -0.0124. The molecule has 1 saturated heterocycles. The maximum Gasteiger partial charge on any atom is 0.333 e. The van der Waals surface area contributed by atoms with Gasteiger partial charge in [0, 0.05) is 18.7 Å². The summed E-state index contributed by atoms with van der Waals surface area (Å²) in [4.78, 5) is 42.5. The zero-order chi connectivity index (χ0) is 19.0. The van der Waals surface area contributed by atoms with E-state index in [9.17, 15) is 14.4 Å². The van der Waals surface area contributed by atoms with Gasteiger partial charge in [0.15, 0.2) is 0 Å². The summed E-state index contributed by atoms with van der Waals surface area (Å²) in [5.74, 6) is -0.139. The number of para-hydroxylation sites is 1. The van der Waals surface area contributed by atoms with Gasteiger partial charge in [-0.15, -0.1) is 0 Å². The second-order valence-electron chi connectivity index (χ2n) is 6.60.